The minimum absolute atomic E-state index is 0.0931. The average Bonchev–Trinajstić information content (AvgIpc) is 2.37. The van der Waals surface area contributed by atoms with Crippen LogP contribution in [0.1, 0.15) is 39.0 Å². The first-order valence-electron chi connectivity index (χ1n) is 8.25. The Morgan fingerprint density at radius 3 is 2.25 bits per heavy atom. The minimum atomic E-state index is -0.124. The van der Waals surface area contributed by atoms with Gasteiger partial charge in [-0.15, -0.1) is 0 Å². The van der Waals surface area contributed by atoms with Gasteiger partial charge in [0.1, 0.15) is 6.61 Å². The number of rotatable bonds is 4. The Morgan fingerprint density at radius 1 is 1.15 bits per heavy atom. The Labute approximate surface area is 121 Å². The summed E-state index contributed by atoms with van der Waals surface area (Å²) in [7, 11) is 0. The molecule has 0 aromatic carbocycles. The average molecular weight is 278 g/mol. The van der Waals surface area contributed by atoms with Crippen LogP contribution < -0.4 is 10.6 Å². The second kappa shape index (κ2) is 4.70. The van der Waals surface area contributed by atoms with Crippen molar-refractivity contribution >= 4 is 5.91 Å². The van der Waals surface area contributed by atoms with Crippen LogP contribution in [0.5, 0.6) is 0 Å². The van der Waals surface area contributed by atoms with Crippen molar-refractivity contribution in [1.29, 1.82) is 0 Å². The molecule has 0 aromatic rings. The second-order valence-corrected chi connectivity index (χ2v) is 7.87. The van der Waals surface area contributed by atoms with Crippen molar-refractivity contribution in [2.75, 3.05) is 19.7 Å². The highest BCUT2D eigenvalue weighted by Crippen LogP contribution is 2.53. The molecule has 1 heterocycles. The number of nitrogens with one attached hydrogen (secondary N) is 2. The summed E-state index contributed by atoms with van der Waals surface area (Å²) in [4.78, 5) is 12.2. The zero-order valence-electron chi connectivity index (χ0n) is 12.4. The summed E-state index contributed by atoms with van der Waals surface area (Å²) in [6, 6.07) is 0.436. The Balaban J connectivity index is 1.31. The van der Waals surface area contributed by atoms with Crippen LogP contribution in [0, 0.1) is 23.7 Å². The molecule has 0 atom stereocenters. The topological polar surface area (TPSA) is 50.4 Å². The molecule has 20 heavy (non-hydrogen) atoms. The Morgan fingerprint density at radius 2 is 1.75 bits per heavy atom. The summed E-state index contributed by atoms with van der Waals surface area (Å²) in [5.74, 6) is 3.51. The largest absolute Gasteiger partial charge is 0.363 e. The highest BCUT2D eigenvalue weighted by molar-refractivity contribution is 5.77. The molecule has 0 aromatic heterocycles. The molecule has 0 unspecified atom stereocenters. The fraction of sp³-hybridized carbons (Fsp3) is 0.938. The molecule has 4 bridgehead atoms. The number of hydrogen-bond donors (Lipinski definition) is 2. The number of carbonyl (C=O) groups is 1. The predicted molar refractivity (Wildman–Crippen MR) is 76.2 cm³/mol. The molecule has 2 N–H and O–H groups in total. The Hall–Kier alpha value is -0.610. The molecule has 5 aliphatic rings. The Kier molecular flexibility index (Phi) is 3.08. The van der Waals surface area contributed by atoms with Gasteiger partial charge in [0.15, 0.2) is 0 Å². The summed E-state index contributed by atoms with van der Waals surface area (Å²) in [5.41, 5.74) is -0.124. The third-order valence-electron chi connectivity index (χ3n) is 6.10. The molecular formula is C16H26N2O2. The lowest BCUT2D eigenvalue weighted by atomic mass is 9.54. The number of ether oxygens (including phenoxy) is 1. The molecule has 5 fully saturated rings. The number of carbonyl (C=O) groups excluding carboxylic acids is 1. The summed E-state index contributed by atoms with van der Waals surface area (Å²) < 4.78 is 5.75. The maximum atomic E-state index is 12.2. The molecule has 1 saturated heterocycles. The van der Waals surface area contributed by atoms with E-state index in [0.717, 1.165) is 36.8 Å². The molecule has 0 radical (unpaired) electrons. The van der Waals surface area contributed by atoms with Gasteiger partial charge >= 0.3 is 0 Å². The minimum Gasteiger partial charge on any atom is -0.363 e. The van der Waals surface area contributed by atoms with E-state index in [2.05, 4.69) is 17.6 Å². The van der Waals surface area contributed by atoms with Crippen LogP contribution in [0.15, 0.2) is 0 Å². The van der Waals surface area contributed by atoms with Crippen molar-refractivity contribution < 1.29 is 9.53 Å². The standard InChI is InChI=1S/C16H26N2O2/c1-16(8-17-9-16)20-7-14(19)18-15-12-3-10-2-11(5-12)6-13(15)4-10/h10-13,15,17H,2-9H2,1H3,(H,18,19). The van der Waals surface area contributed by atoms with Crippen LogP contribution in [0.3, 0.4) is 0 Å². The van der Waals surface area contributed by atoms with Gasteiger partial charge in [-0.05, 0) is 62.7 Å². The molecule has 4 nitrogen and oxygen atoms in total. The molecule has 1 aliphatic heterocycles. The van der Waals surface area contributed by atoms with E-state index in [1.807, 2.05) is 0 Å². The van der Waals surface area contributed by atoms with Crippen LogP contribution in [0.25, 0.3) is 0 Å². The van der Waals surface area contributed by atoms with Crippen LogP contribution in [-0.2, 0) is 9.53 Å². The van der Waals surface area contributed by atoms with Crippen molar-refractivity contribution in [3.8, 4) is 0 Å². The number of hydrogen-bond acceptors (Lipinski definition) is 3. The third-order valence-corrected chi connectivity index (χ3v) is 6.10. The van der Waals surface area contributed by atoms with E-state index >= 15 is 0 Å². The maximum absolute atomic E-state index is 12.2. The molecule has 4 aliphatic carbocycles. The SMILES string of the molecule is CC1(OCC(=O)NC2C3CC4CC(C3)CC2C4)CNC1. The van der Waals surface area contributed by atoms with Crippen LogP contribution in [-0.4, -0.2) is 37.2 Å². The first-order valence-corrected chi connectivity index (χ1v) is 8.25. The van der Waals surface area contributed by atoms with Gasteiger partial charge < -0.3 is 15.4 Å². The lowest BCUT2D eigenvalue weighted by Gasteiger charge is -2.54. The van der Waals surface area contributed by atoms with Gasteiger partial charge in [-0.2, -0.15) is 0 Å². The smallest absolute Gasteiger partial charge is 0.246 e. The van der Waals surface area contributed by atoms with E-state index in [0.29, 0.717) is 6.04 Å². The lowest BCUT2D eigenvalue weighted by Crippen LogP contribution is -2.60. The number of amides is 1. The molecule has 1 amide bonds. The van der Waals surface area contributed by atoms with Crippen molar-refractivity contribution in [3.63, 3.8) is 0 Å². The molecule has 5 rings (SSSR count). The highest BCUT2D eigenvalue weighted by Gasteiger charge is 2.48. The monoisotopic (exact) mass is 278 g/mol. The zero-order chi connectivity index (χ0) is 13.7. The normalized spacial score (nSPS) is 44.1. The first kappa shape index (κ1) is 13.1. The fourth-order valence-corrected chi connectivity index (χ4v) is 5.21. The van der Waals surface area contributed by atoms with Crippen LogP contribution >= 0.6 is 0 Å². The van der Waals surface area contributed by atoms with Gasteiger partial charge in [-0.3, -0.25) is 4.79 Å². The maximum Gasteiger partial charge on any atom is 0.246 e. The highest BCUT2D eigenvalue weighted by atomic mass is 16.5. The predicted octanol–water partition coefficient (Wildman–Crippen LogP) is 1.31. The second-order valence-electron chi connectivity index (χ2n) is 7.87. The van der Waals surface area contributed by atoms with E-state index in [1.54, 1.807) is 0 Å². The zero-order valence-corrected chi connectivity index (χ0v) is 12.4. The van der Waals surface area contributed by atoms with Gasteiger partial charge in [-0.25, -0.2) is 0 Å². The fourth-order valence-electron chi connectivity index (χ4n) is 5.21. The molecule has 4 heteroatoms. The van der Waals surface area contributed by atoms with E-state index in [1.165, 1.54) is 32.1 Å². The van der Waals surface area contributed by atoms with Crippen LogP contribution in [0.2, 0.25) is 0 Å². The van der Waals surface area contributed by atoms with E-state index in [-0.39, 0.29) is 18.1 Å². The molecular weight excluding hydrogens is 252 g/mol. The summed E-state index contributed by atoms with van der Waals surface area (Å²) in [6.45, 7) is 4.01. The van der Waals surface area contributed by atoms with Gasteiger partial charge in [-0.1, -0.05) is 0 Å². The van der Waals surface area contributed by atoms with Gasteiger partial charge in [0.2, 0.25) is 5.91 Å². The van der Waals surface area contributed by atoms with E-state index in [9.17, 15) is 4.79 Å². The third kappa shape index (κ3) is 2.27. The van der Waals surface area contributed by atoms with Gasteiger partial charge in [0.05, 0.1) is 5.60 Å². The van der Waals surface area contributed by atoms with E-state index in [4.69, 9.17) is 4.74 Å². The van der Waals surface area contributed by atoms with Crippen LogP contribution in [0.4, 0.5) is 0 Å². The summed E-state index contributed by atoms with van der Waals surface area (Å²) in [6.07, 6.45) is 6.85. The quantitative estimate of drug-likeness (QED) is 0.815. The lowest BCUT2D eigenvalue weighted by molar-refractivity contribution is -0.139. The van der Waals surface area contributed by atoms with Crippen molar-refractivity contribution in [3.05, 3.63) is 0 Å². The summed E-state index contributed by atoms with van der Waals surface area (Å²) >= 11 is 0. The van der Waals surface area contributed by atoms with Crippen molar-refractivity contribution in [2.45, 2.75) is 50.7 Å². The van der Waals surface area contributed by atoms with Gasteiger partial charge in [0.25, 0.3) is 0 Å². The van der Waals surface area contributed by atoms with Crippen molar-refractivity contribution in [2.24, 2.45) is 23.7 Å². The van der Waals surface area contributed by atoms with Gasteiger partial charge in [0, 0.05) is 19.1 Å². The molecule has 4 saturated carbocycles. The Bertz CT molecular complexity index is 377. The molecule has 112 valence electrons. The molecule has 0 spiro atoms. The van der Waals surface area contributed by atoms with E-state index < -0.39 is 0 Å². The van der Waals surface area contributed by atoms with Crippen molar-refractivity contribution in [1.82, 2.24) is 10.6 Å². The first-order chi connectivity index (χ1) is 9.61. The summed E-state index contributed by atoms with van der Waals surface area (Å²) in [5, 5.41) is 6.49.